The van der Waals surface area contributed by atoms with Crippen LogP contribution in [0.4, 0.5) is 4.39 Å². The molecule has 0 aliphatic heterocycles. The van der Waals surface area contributed by atoms with Crippen molar-refractivity contribution in [3.8, 4) is 0 Å². The minimum atomic E-state index is -0.232. The summed E-state index contributed by atoms with van der Waals surface area (Å²) in [5, 5.41) is 0.548. The quantitative estimate of drug-likeness (QED) is 0.654. The summed E-state index contributed by atoms with van der Waals surface area (Å²) in [4.78, 5) is 18.7. The first-order valence-corrected chi connectivity index (χ1v) is 7.64. The molecule has 0 radical (unpaired) electrons. The summed E-state index contributed by atoms with van der Waals surface area (Å²) in [6.45, 7) is 2.10. The molecule has 1 aromatic heterocycles. The topological polar surface area (TPSA) is 45.8 Å². The number of benzene rings is 1. The first-order chi connectivity index (χ1) is 9.69. The van der Waals surface area contributed by atoms with Gasteiger partial charge < -0.3 is 4.98 Å². The number of nitrogens with zero attached hydrogens (tertiary/aromatic N) is 1. The normalized spacial score (nSPS) is 10.7. The Morgan fingerprint density at radius 3 is 2.90 bits per heavy atom. The largest absolute Gasteiger partial charge is 0.301 e. The van der Waals surface area contributed by atoms with Crippen LogP contribution in [0, 0.1) is 5.82 Å². The molecule has 1 heterocycles. The highest BCUT2D eigenvalue weighted by Crippen LogP contribution is 2.20. The molecule has 3 nitrogen and oxygen atoms in total. The number of aromatic amines is 1. The van der Waals surface area contributed by atoms with Gasteiger partial charge in [-0.2, -0.15) is 0 Å². The molecule has 0 unspecified atom stereocenters. The van der Waals surface area contributed by atoms with Crippen molar-refractivity contribution >= 4 is 11.8 Å². The Labute approximate surface area is 121 Å². The van der Waals surface area contributed by atoms with Crippen LogP contribution in [0.2, 0.25) is 0 Å². The number of rotatable bonds is 6. The van der Waals surface area contributed by atoms with E-state index in [1.165, 1.54) is 23.9 Å². The second-order valence-electron chi connectivity index (χ2n) is 4.53. The number of aryl methyl sites for hydroxylation is 1. The van der Waals surface area contributed by atoms with E-state index < -0.39 is 0 Å². The summed E-state index contributed by atoms with van der Waals surface area (Å²) in [5.41, 5.74) is 1.26. The van der Waals surface area contributed by atoms with E-state index in [0.717, 1.165) is 25.0 Å². The molecule has 0 saturated carbocycles. The van der Waals surface area contributed by atoms with Crippen molar-refractivity contribution in [3.05, 3.63) is 57.8 Å². The van der Waals surface area contributed by atoms with E-state index in [1.54, 1.807) is 18.2 Å². The second kappa shape index (κ2) is 7.24. The van der Waals surface area contributed by atoms with Crippen LogP contribution >= 0.6 is 11.8 Å². The Kier molecular flexibility index (Phi) is 5.35. The zero-order valence-electron chi connectivity index (χ0n) is 11.4. The summed E-state index contributed by atoms with van der Waals surface area (Å²) in [6, 6.07) is 8.16. The number of thioether (sulfide) groups is 1. The van der Waals surface area contributed by atoms with Crippen molar-refractivity contribution in [1.82, 2.24) is 9.97 Å². The SMILES string of the molecule is CCCCc1cc(=O)[nH]c(SCc2ccccc2F)n1. The summed E-state index contributed by atoms with van der Waals surface area (Å²) in [6.07, 6.45) is 2.87. The van der Waals surface area contributed by atoms with Gasteiger partial charge >= 0.3 is 0 Å². The molecule has 0 spiro atoms. The van der Waals surface area contributed by atoms with Crippen molar-refractivity contribution < 1.29 is 4.39 Å². The highest BCUT2D eigenvalue weighted by molar-refractivity contribution is 7.98. The average molecular weight is 292 g/mol. The second-order valence-corrected chi connectivity index (χ2v) is 5.49. The number of hydrogen-bond donors (Lipinski definition) is 1. The van der Waals surface area contributed by atoms with Crippen molar-refractivity contribution in [2.45, 2.75) is 37.1 Å². The predicted octanol–water partition coefficient (Wildman–Crippen LogP) is 3.54. The molecule has 0 aliphatic rings. The Balaban J connectivity index is 2.07. The van der Waals surface area contributed by atoms with Gasteiger partial charge in [0, 0.05) is 17.5 Å². The number of aromatic nitrogens is 2. The summed E-state index contributed by atoms with van der Waals surface area (Å²) in [7, 11) is 0. The Morgan fingerprint density at radius 2 is 2.15 bits per heavy atom. The predicted molar refractivity (Wildman–Crippen MR) is 79.4 cm³/mol. The smallest absolute Gasteiger partial charge is 0.251 e. The zero-order valence-corrected chi connectivity index (χ0v) is 12.2. The van der Waals surface area contributed by atoms with Gasteiger partial charge in [-0.05, 0) is 24.5 Å². The van der Waals surface area contributed by atoms with E-state index in [9.17, 15) is 9.18 Å². The van der Waals surface area contributed by atoms with Crippen LogP contribution < -0.4 is 5.56 Å². The van der Waals surface area contributed by atoms with Crippen molar-refractivity contribution in [1.29, 1.82) is 0 Å². The van der Waals surface area contributed by atoms with Crippen molar-refractivity contribution in [2.24, 2.45) is 0 Å². The van der Waals surface area contributed by atoms with Gasteiger partial charge in [-0.25, -0.2) is 9.37 Å². The Morgan fingerprint density at radius 1 is 1.35 bits per heavy atom. The number of halogens is 1. The van der Waals surface area contributed by atoms with Crippen molar-refractivity contribution in [3.63, 3.8) is 0 Å². The highest BCUT2D eigenvalue weighted by atomic mass is 32.2. The average Bonchev–Trinajstić information content (AvgIpc) is 2.44. The van der Waals surface area contributed by atoms with Crippen LogP contribution in [0.15, 0.2) is 40.3 Å². The molecule has 1 aromatic carbocycles. The van der Waals surface area contributed by atoms with Crippen molar-refractivity contribution in [2.75, 3.05) is 0 Å². The van der Waals surface area contributed by atoms with Crippen LogP contribution in [-0.2, 0) is 12.2 Å². The van der Waals surface area contributed by atoms with Gasteiger partial charge in [-0.15, -0.1) is 0 Å². The van der Waals surface area contributed by atoms with Gasteiger partial charge in [-0.3, -0.25) is 4.79 Å². The highest BCUT2D eigenvalue weighted by Gasteiger charge is 2.05. The van der Waals surface area contributed by atoms with Gasteiger partial charge in [0.05, 0.1) is 0 Å². The van der Waals surface area contributed by atoms with E-state index in [4.69, 9.17) is 0 Å². The molecule has 0 aliphatic carbocycles. The molecule has 20 heavy (non-hydrogen) atoms. The molecular formula is C15H17FN2OS. The lowest BCUT2D eigenvalue weighted by atomic mass is 10.2. The third-order valence-corrected chi connectivity index (χ3v) is 3.80. The standard InChI is InChI=1S/C15H17FN2OS/c1-2-3-7-12-9-14(19)18-15(17-12)20-10-11-6-4-5-8-13(11)16/h4-6,8-9H,2-3,7,10H2,1H3,(H,17,18,19). The van der Waals surface area contributed by atoms with Gasteiger partial charge in [0.15, 0.2) is 5.16 Å². The molecule has 0 bridgehead atoms. The maximum absolute atomic E-state index is 13.5. The molecule has 2 rings (SSSR count). The molecule has 2 aromatic rings. The fourth-order valence-corrected chi connectivity index (χ4v) is 2.68. The summed E-state index contributed by atoms with van der Waals surface area (Å²) in [5.74, 6) is 0.219. The third-order valence-electron chi connectivity index (χ3n) is 2.88. The lowest BCUT2D eigenvalue weighted by molar-refractivity contribution is 0.617. The zero-order chi connectivity index (χ0) is 14.4. The van der Waals surface area contributed by atoms with Crippen LogP contribution in [0.5, 0.6) is 0 Å². The van der Waals surface area contributed by atoms with Crippen LogP contribution in [-0.4, -0.2) is 9.97 Å². The molecule has 5 heteroatoms. The van der Waals surface area contributed by atoms with Gasteiger partial charge in [0.1, 0.15) is 5.82 Å². The Hall–Kier alpha value is -1.62. The van der Waals surface area contributed by atoms with Gasteiger partial charge in [0.25, 0.3) is 5.56 Å². The van der Waals surface area contributed by atoms with E-state index in [0.29, 0.717) is 16.5 Å². The fraction of sp³-hybridized carbons (Fsp3) is 0.333. The van der Waals surface area contributed by atoms with Crippen LogP contribution in [0.3, 0.4) is 0 Å². The molecule has 0 amide bonds. The maximum Gasteiger partial charge on any atom is 0.251 e. The number of nitrogens with one attached hydrogen (secondary N) is 1. The maximum atomic E-state index is 13.5. The minimum absolute atomic E-state index is 0.151. The lowest BCUT2D eigenvalue weighted by Gasteiger charge is -2.04. The first kappa shape index (κ1) is 14.8. The van der Waals surface area contributed by atoms with Gasteiger partial charge in [0.2, 0.25) is 0 Å². The van der Waals surface area contributed by atoms with E-state index in [1.807, 2.05) is 0 Å². The molecule has 1 N–H and O–H groups in total. The third kappa shape index (κ3) is 4.20. The molecule has 106 valence electrons. The number of hydrogen-bond acceptors (Lipinski definition) is 3. The lowest BCUT2D eigenvalue weighted by Crippen LogP contribution is -2.10. The van der Waals surface area contributed by atoms with E-state index in [-0.39, 0.29) is 11.4 Å². The summed E-state index contributed by atoms with van der Waals surface area (Å²) < 4.78 is 13.5. The van der Waals surface area contributed by atoms with Crippen LogP contribution in [0.1, 0.15) is 31.0 Å². The monoisotopic (exact) mass is 292 g/mol. The number of unbranched alkanes of at least 4 members (excludes halogenated alkanes) is 1. The molecule has 0 atom stereocenters. The summed E-state index contributed by atoms with van der Waals surface area (Å²) >= 11 is 1.34. The first-order valence-electron chi connectivity index (χ1n) is 6.65. The minimum Gasteiger partial charge on any atom is -0.301 e. The van der Waals surface area contributed by atoms with Crippen LogP contribution in [0.25, 0.3) is 0 Å². The number of H-pyrrole nitrogens is 1. The molecular weight excluding hydrogens is 275 g/mol. The molecule has 0 fully saturated rings. The fourth-order valence-electron chi connectivity index (χ4n) is 1.80. The van der Waals surface area contributed by atoms with E-state index in [2.05, 4.69) is 16.9 Å². The van der Waals surface area contributed by atoms with Gasteiger partial charge in [-0.1, -0.05) is 43.3 Å². The molecule has 0 saturated heterocycles. The van der Waals surface area contributed by atoms with E-state index >= 15 is 0 Å². The Bertz CT molecular complexity index is 627.